The Balaban J connectivity index is 1.76. The van der Waals surface area contributed by atoms with E-state index >= 15 is 0 Å². The molecular formula is C29H29ClFN3O4SSi. The van der Waals surface area contributed by atoms with Gasteiger partial charge in [0.1, 0.15) is 11.4 Å². The molecule has 3 heterocycles. The van der Waals surface area contributed by atoms with E-state index in [1.807, 2.05) is 25.1 Å². The third-order valence-electron chi connectivity index (χ3n) is 6.76. The largest absolute Gasteiger partial charge is 0.494 e. The first kappa shape index (κ1) is 28.2. The molecule has 0 N–H and O–H groups in total. The highest BCUT2D eigenvalue weighted by atomic mass is 35.5. The Bertz CT molecular complexity index is 1870. The SMILES string of the molecule is COc1cc(-c2cc3c(s2)c(=O)n(-c2cncc4cccc(C)c24)c(=O)n3COCC[Si](C)(C)C)c(Cl)cc1F. The predicted molar refractivity (Wildman–Crippen MR) is 163 cm³/mol. The Morgan fingerprint density at radius 3 is 2.62 bits per heavy atom. The molecule has 0 saturated heterocycles. The Labute approximate surface area is 240 Å². The van der Waals surface area contributed by atoms with Gasteiger partial charge in [0.05, 0.1) is 29.5 Å². The lowest BCUT2D eigenvalue weighted by molar-refractivity contribution is 0.0864. The number of halogens is 2. The van der Waals surface area contributed by atoms with Gasteiger partial charge < -0.3 is 9.47 Å². The summed E-state index contributed by atoms with van der Waals surface area (Å²) in [5, 5.41) is 1.75. The average Bonchev–Trinajstić information content (AvgIpc) is 3.33. The fourth-order valence-electron chi connectivity index (χ4n) is 4.60. The molecule has 0 aliphatic carbocycles. The van der Waals surface area contributed by atoms with Gasteiger partial charge in [0.15, 0.2) is 11.6 Å². The number of aryl methyl sites for hydroxylation is 1. The van der Waals surface area contributed by atoms with Crippen molar-refractivity contribution in [2.45, 2.75) is 39.3 Å². The fourth-order valence-corrected chi connectivity index (χ4v) is 6.78. The first-order valence-corrected chi connectivity index (χ1v) is 17.6. The highest BCUT2D eigenvalue weighted by Gasteiger charge is 2.22. The maximum absolute atomic E-state index is 14.3. The van der Waals surface area contributed by atoms with Crippen molar-refractivity contribution in [2.24, 2.45) is 0 Å². The number of aromatic nitrogens is 3. The van der Waals surface area contributed by atoms with E-state index in [0.717, 1.165) is 22.4 Å². The van der Waals surface area contributed by atoms with Crippen LogP contribution in [-0.4, -0.2) is 35.9 Å². The van der Waals surface area contributed by atoms with E-state index in [1.165, 1.54) is 45.9 Å². The van der Waals surface area contributed by atoms with Gasteiger partial charge in [-0.3, -0.25) is 14.3 Å². The van der Waals surface area contributed by atoms with Crippen LogP contribution >= 0.6 is 22.9 Å². The number of thiophene rings is 1. The van der Waals surface area contributed by atoms with E-state index in [1.54, 1.807) is 12.3 Å². The molecule has 0 saturated carbocycles. The van der Waals surface area contributed by atoms with E-state index < -0.39 is 25.1 Å². The molecule has 0 amide bonds. The van der Waals surface area contributed by atoms with Crippen molar-refractivity contribution in [3.8, 4) is 21.9 Å². The minimum Gasteiger partial charge on any atom is -0.494 e. The zero-order valence-electron chi connectivity index (χ0n) is 22.9. The number of hydrogen-bond acceptors (Lipinski definition) is 6. The van der Waals surface area contributed by atoms with Gasteiger partial charge in [-0.15, -0.1) is 11.3 Å². The molecule has 208 valence electrons. The van der Waals surface area contributed by atoms with Crippen LogP contribution in [-0.2, 0) is 11.5 Å². The summed E-state index contributed by atoms with van der Waals surface area (Å²) in [4.78, 5) is 33.0. The average molecular weight is 598 g/mol. The third-order valence-corrected chi connectivity index (χ3v) is 9.92. The Hall–Kier alpha value is -3.31. The molecule has 0 aliphatic heterocycles. The quantitative estimate of drug-likeness (QED) is 0.144. The summed E-state index contributed by atoms with van der Waals surface area (Å²) in [6.45, 7) is 9.15. The van der Waals surface area contributed by atoms with Crippen LogP contribution in [0.2, 0.25) is 30.7 Å². The highest BCUT2D eigenvalue weighted by Crippen LogP contribution is 2.39. The fraction of sp³-hybridized carbons (Fsp3) is 0.276. The van der Waals surface area contributed by atoms with Gasteiger partial charge in [-0.2, -0.15) is 0 Å². The van der Waals surface area contributed by atoms with Crippen molar-refractivity contribution in [2.75, 3.05) is 13.7 Å². The van der Waals surface area contributed by atoms with Crippen LogP contribution in [0.3, 0.4) is 0 Å². The maximum atomic E-state index is 14.3. The lowest BCUT2D eigenvalue weighted by Crippen LogP contribution is -2.39. The molecule has 0 spiro atoms. The first-order valence-electron chi connectivity index (χ1n) is 12.7. The van der Waals surface area contributed by atoms with Gasteiger partial charge in [-0.1, -0.05) is 49.4 Å². The Morgan fingerprint density at radius 2 is 1.90 bits per heavy atom. The number of hydrogen-bond donors (Lipinski definition) is 0. The van der Waals surface area contributed by atoms with E-state index in [9.17, 15) is 14.0 Å². The Kier molecular flexibility index (Phi) is 7.71. The van der Waals surface area contributed by atoms with Gasteiger partial charge >= 0.3 is 5.69 Å². The molecule has 40 heavy (non-hydrogen) atoms. The zero-order chi connectivity index (χ0) is 28.8. The van der Waals surface area contributed by atoms with Crippen LogP contribution < -0.4 is 16.0 Å². The van der Waals surface area contributed by atoms with Crippen molar-refractivity contribution in [1.82, 2.24) is 14.1 Å². The second-order valence-corrected chi connectivity index (χ2v) is 17.9. The minimum absolute atomic E-state index is 0.0265. The normalized spacial score (nSPS) is 12.0. The summed E-state index contributed by atoms with van der Waals surface area (Å²) in [5.41, 5.74) is 1.22. The van der Waals surface area contributed by atoms with Crippen LogP contribution in [0.15, 0.2) is 58.4 Å². The standard InChI is InChI=1S/C29H29ClFN3O4SSi/c1-17-7-6-8-18-14-32-15-23(26(17)18)34-28(35)27-22(33(29(34)36)16-38-9-10-40(3,4)5)13-25(39-27)19-11-24(37-2)21(31)12-20(19)30/h6-8,11-15H,9-10,16H2,1-5H3. The smallest absolute Gasteiger partial charge is 0.338 e. The topological polar surface area (TPSA) is 75.4 Å². The molecule has 0 fully saturated rings. The van der Waals surface area contributed by atoms with E-state index in [-0.39, 0.29) is 17.5 Å². The van der Waals surface area contributed by atoms with Gasteiger partial charge in [0.2, 0.25) is 0 Å². The minimum atomic E-state index is -1.36. The number of benzene rings is 2. The van der Waals surface area contributed by atoms with Gasteiger partial charge in [0, 0.05) is 42.1 Å². The molecule has 0 unspecified atom stereocenters. The molecule has 0 atom stereocenters. The third kappa shape index (κ3) is 5.24. The van der Waals surface area contributed by atoms with Crippen LogP contribution in [0.5, 0.6) is 5.75 Å². The van der Waals surface area contributed by atoms with Gasteiger partial charge in [-0.05, 0) is 36.7 Å². The number of pyridine rings is 1. The number of fused-ring (bicyclic) bond motifs is 2. The second-order valence-electron chi connectivity index (χ2n) is 10.8. The van der Waals surface area contributed by atoms with Crippen LogP contribution in [0.25, 0.3) is 37.1 Å². The summed E-state index contributed by atoms with van der Waals surface area (Å²) in [6, 6.07) is 11.1. The van der Waals surface area contributed by atoms with Gasteiger partial charge in [0.25, 0.3) is 5.56 Å². The second kappa shape index (κ2) is 10.9. The molecule has 2 aromatic carbocycles. The summed E-state index contributed by atoms with van der Waals surface area (Å²) in [6.07, 6.45) is 3.25. The molecule has 0 radical (unpaired) electrons. The van der Waals surface area contributed by atoms with Crippen LogP contribution in [0.4, 0.5) is 4.39 Å². The molecular weight excluding hydrogens is 569 g/mol. The van der Waals surface area contributed by atoms with E-state index in [4.69, 9.17) is 21.1 Å². The maximum Gasteiger partial charge on any atom is 0.338 e. The van der Waals surface area contributed by atoms with Gasteiger partial charge in [-0.25, -0.2) is 13.8 Å². The van der Waals surface area contributed by atoms with Crippen LogP contribution in [0.1, 0.15) is 5.56 Å². The van der Waals surface area contributed by atoms with Crippen LogP contribution in [0, 0.1) is 12.7 Å². The summed E-state index contributed by atoms with van der Waals surface area (Å²) in [5.74, 6) is -0.565. The summed E-state index contributed by atoms with van der Waals surface area (Å²) < 4.78 is 28.4. The predicted octanol–water partition coefficient (Wildman–Crippen LogP) is 6.85. The highest BCUT2D eigenvalue weighted by molar-refractivity contribution is 7.22. The zero-order valence-corrected chi connectivity index (χ0v) is 25.5. The van der Waals surface area contributed by atoms with Crippen molar-refractivity contribution in [3.05, 3.63) is 86.0 Å². The number of ether oxygens (including phenoxy) is 2. The lowest BCUT2D eigenvalue weighted by atomic mass is 10.1. The number of nitrogens with zero attached hydrogens (tertiary/aromatic N) is 3. The number of methoxy groups -OCH3 is 1. The number of rotatable bonds is 8. The molecule has 5 aromatic rings. The van der Waals surface area contributed by atoms with E-state index in [2.05, 4.69) is 24.6 Å². The molecule has 7 nitrogen and oxygen atoms in total. The van der Waals surface area contributed by atoms with Crippen molar-refractivity contribution >= 4 is 52.0 Å². The lowest BCUT2D eigenvalue weighted by Gasteiger charge is -2.17. The monoisotopic (exact) mass is 597 g/mol. The summed E-state index contributed by atoms with van der Waals surface area (Å²) in [7, 11) is 0.00733. The molecule has 0 bridgehead atoms. The molecule has 3 aromatic heterocycles. The van der Waals surface area contributed by atoms with E-state index in [0.29, 0.717) is 33.0 Å². The molecule has 0 aliphatic rings. The Morgan fingerprint density at radius 1 is 1.12 bits per heavy atom. The van der Waals surface area contributed by atoms with Crippen molar-refractivity contribution < 1.29 is 13.9 Å². The molecule has 11 heteroatoms. The van der Waals surface area contributed by atoms with Crippen molar-refractivity contribution in [1.29, 1.82) is 0 Å². The van der Waals surface area contributed by atoms with Crippen molar-refractivity contribution in [3.63, 3.8) is 0 Å². The molecule has 5 rings (SSSR count). The first-order chi connectivity index (χ1) is 19.0. The summed E-state index contributed by atoms with van der Waals surface area (Å²) >= 11 is 7.59.